The van der Waals surface area contributed by atoms with E-state index in [0.717, 1.165) is 26.1 Å². The van der Waals surface area contributed by atoms with Crippen LogP contribution >= 0.6 is 12.4 Å². The van der Waals surface area contributed by atoms with Crippen molar-refractivity contribution in [3.05, 3.63) is 24.3 Å². The molecule has 1 fully saturated rings. The second-order valence-electron chi connectivity index (χ2n) is 6.57. The Labute approximate surface area is 163 Å². The molecular weight excluding hydrogens is 352 g/mol. The molecule has 0 bridgehead atoms. The average Bonchev–Trinajstić information content (AvgIpc) is 2.64. The topological polar surface area (TPSA) is 50.8 Å². The molecule has 1 amide bonds. The number of nitrogens with zero attached hydrogens (tertiary/aromatic N) is 1. The first kappa shape index (κ1) is 22.6. The van der Waals surface area contributed by atoms with E-state index in [1.165, 1.54) is 38.5 Å². The molecule has 0 unspecified atom stereocenters. The second kappa shape index (κ2) is 13.7. The zero-order valence-electron chi connectivity index (χ0n) is 15.9. The highest BCUT2D eigenvalue weighted by Gasteiger charge is 2.12. The van der Waals surface area contributed by atoms with Gasteiger partial charge in [0.25, 0.3) is 0 Å². The number of likely N-dealkylation sites (tertiary alicyclic amines) is 1. The number of amides is 1. The summed E-state index contributed by atoms with van der Waals surface area (Å²) in [5, 5.41) is 2.80. The lowest BCUT2D eigenvalue weighted by Crippen LogP contribution is -2.33. The van der Waals surface area contributed by atoms with E-state index in [1.54, 1.807) is 0 Å². The number of rotatable bonds is 10. The van der Waals surface area contributed by atoms with Crippen molar-refractivity contribution in [3.8, 4) is 5.75 Å². The Bertz CT molecular complexity index is 508. The average molecular weight is 385 g/mol. The smallest absolute Gasteiger partial charge is 0.411 e. The van der Waals surface area contributed by atoms with E-state index >= 15 is 0 Å². The van der Waals surface area contributed by atoms with Crippen LogP contribution in [0.15, 0.2) is 24.3 Å². The molecule has 2 rings (SSSR count). The minimum Gasteiger partial charge on any atom is -0.491 e. The predicted octanol–water partition coefficient (Wildman–Crippen LogP) is 5.10. The van der Waals surface area contributed by atoms with E-state index in [1.807, 2.05) is 24.3 Å². The zero-order chi connectivity index (χ0) is 17.7. The van der Waals surface area contributed by atoms with Gasteiger partial charge in [-0.3, -0.25) is 10.2 Å². The summed E-state index contributed by atoms with van der Waals surface area (Å²) >= 11 is 0. The maximum Gasteiger partial charge on any atom is 0.411 e. The largest absolute Gasteiger partial charge is 0.491 e. The lowest BCUT2D eigenvalue weighted by molar-refractivity contribution is 0.131. The summed E-state index contributed by atoms with van der Waals surface area (Å²) in [7, 11) is 0. The van der Waals surface area contributed by atoms with Gasteiger partial charge in [0.2, 0.25) is 0 Å². The maximum absolute atomic E-state index is 12.0. The molecule has 0 spiro atoms. The van der Waals surface area contributed by atoms with Crippen LogP contribution < -0.4 is 10.1 Å². The van der Waals surface area contributed by atoms with Crippen LogP contribution in [0.3, 0.4) is 0 Å². The molecule has 1 aromatic carbocycles. The van der Waals surface area contributed by atoms with Crippen molar-refractivity contribution in [2.24, 2.45) is 0 Å². The van der Waals surface area contributed by atoms with Crippen LogP contribution in [0.4, 0.5) is 10.5 Å². The molecule has 6 heteroatoms. The fraction of sp³-hybridized carbons (Fsp3) is 0.650. The van der Waals surface area contributed by atoms with Gasteiger partial charge in [0.1, 0.15) is 12.4 Å². The predicted molar refractivity (Wildman–Crippen MR) is 109 cm³/mol. The SMILES string of the molecule is CCCCCCOc1ccccc1NC(=O)OCCN1CCCCC1.Cl. The van der Waals surface area contributed by atoms with Gasteiger partial charge in [-0.25, -0.2) is 4.79 Å². The third kappa shape index (κ3) is 8.77. The van der Waals surface area contributed by atoms with Gasteiger partial charge in [0.15, 0.2) is 0 Å². The van der Waals surface area contributed by atoms with Gasteiger partial charge < -0.3 is 9.47 Å². The zero-order valence-corrected chi connectivity index (χ0v) is 16.7. The first-order chi connectivity index (χ1) is 12.3. The van der Waals surface area contributed by atoms with Gasteiger partial charge in [-0.05, 0) is 44.5 Å². The molecule has 1 aliphatic rings. The van der Waals surface area contributed by atoms with E-state index < -0.39 is 6.09 Å². The highest BCUT2D eigenvalue weighted by atomic mass is 35.5. The number of carbonyl (C=O) groups excluding carboxylic acids is 1. The minimum absolute atomic E-state index is 0. The van der Waals surface area contributed by atoms with Crippen molar-refractivity contribution in [3.63, 3.8) is 0 Å². The first-order valence-electron chi connectivity index (χ1n) is 9.67. The first-order valence-corrected chi connectivity index (χ1v) is 9.67. The monoisotopic (exact) mass is 384 g/mol. The summed E-state index contributed by atoms with van der Waals surface area (Å²) in [5.74, 6) is 0.701. The van der Waals surface area contributed by atoms with Crippen LogP contribution in [-0.2, 0) is 4.74 Å². The number of hydrogen-bond acceptors (Lipinski definition) is 4. The Balaban J connectivity index is 0.00000338. The molecule has 1 heterocycles. The maximum atomic E-state index is 12.0. The van der Waals surface area contributed by atoms with Crippen LogP contribution in [0.5, 0.6) is 5.75 Å². The molecule has 0 atom stereocenters. The van der Waals surface area contributed by atoms with E-state index in [9.17, 15) is 4.79 Å². The van der Waals surface area contributed by atoms with Gasteiger partial charge >= 0.3 is 6.09 Å². The van der Waals surface area contributed by atoms with Gasteiger partial charge in [-0.1, -0.05) is 44.7 Å². The summed E-state index contributed by atoms with van der Waals surface area (Å²) in [4.78, 5) is 14.4. The number of carbonyl (C=O) groups is 1. The van der Waals surface area contributed by atoms with Crippen LogP contribution in [0.1, 0.15) is 51.9 Å². The molecule has 5 nitrogen and oxygen atoms in total. The van der Waals surface area contributed by atoms with Gasteiger partial charge in [0.05, 0.1) is 12.3 Å². The van der Waals surface area contributed by atoms with Gasteiger partial charge in [-0.2, -0.15) is 0 Å². The normalized spacial score (nSPS) is 14.3. The number of para-hydroxylation sites is 2. The number of unbranched alkanes of at least 4 members (excludes halogenated alkanes) is 3. The number of ether oxygens (including phenoxy) is 2. The third-order valence-corrected chi connectivity index (χ3v) is 4.47. The number of piperidine rings is 1. The van der Waals surface area contributed by atoms with Crippen LogP contribution in [0.2, 0.25) is 0 Å². The molecule has 1 aliphatic heterocycles. The number of benzene rings is 1. The molecular formula is C20H33ClN2O3. The van der Waals surface area contributed by atoms with Crippen molar-refractivity contribution in [1.29, 1.82) is 0 Å². The molecule has 1 N–H and O–H groups in total. The fourth-order valence-corrected chi connectivity index (χ4v) is 3.00. The van der Waals surface area contributed by atoms with E-state index in [4.69, 9.17) is 9.47 Å². The fourth-order valence-electron chi connectivity index (χ4n) is 3.00. The van der Waals surface area contributed by atoms with Crippen LogP contribution in [0, 0.1) is 0 Å². The van der Waals surface area contributed by atoms with Crippen molar-refractivity contribution in [1.82, 2.24) is 4.90 Å². The molecule has 1 aromatic rings. The Morgan fingerprint density at radius 1 is 1.08 bits per heavy atom. The summed E-state index contributed by atoms with van der Waals surface area (Å²) < 4.78 is 11.1. The summed E-state index contributed by atoms with van der Waals surface area (Å²) in [5.41, 5.74) is 0.668. The Morgan fingerprint density at radius 2 is 1.85 bits per heavy atom. The highest BCUT2D eigenvalue weighted by Crippen LogP contribution is 2.24. The lowest BCUT2D eigenvalue weighted by atomic mass is 10.1. The second-order valence-corrected chi connectivity index (χ2v) is 6.57. The molecule has 0 radical (unpaired) electrons. The molecule has 0 saturated carbocycles. The van der Waals surface area contributed by atoms with Crippen molar-refractivity contribution < 1.29 is 14.3 Å². The molecule has 0 aromatic heterocycles. The summed E-state index contributed by atoms with van der Waals surface area (Å²) in [6.45, 7) is 6.31. The van der Waals surface area contributed by atoms with Crippen LogP contribution in [-0.4, -0.2) is 43.8 Å². The number of nitrogens with one attached hydrogen (secondary N) is 1. The third-order valence-electron chi connectivity index (χ3n) is 4.47. The molecule has 0 aliphatic carbocycles. The Kier molecular flexibility index (Phi) is 11.9. The lowest BCUT2D eigenvalue weighted by Gasteiger charge is -2.25. The van der Waals surface area contributed by atoms with Gasteiger partial charge in [0, 0.05) is 6.54 Å². The van der Waals surface area contributed by atoms with Crippen molar-refractivity contribution in [2.75, 3.05) is 38.2 Å². The van der Waals surface area contributed by atoms with E-state index in [-0.39, 0.29) is 12.4 Å². The standard InChI is InChI=1S/C20H32N2O3.ClH/c1-2-3-4-10-16-24-19-12-7-6-11-18(19)21-20(23)25-17-15-22-13-8-5-9-14-22;/h6-7,11-12H,2-5,8-10,13-17H2,1H3,(H,21,23);1H. The minimum atomic E-state index is -0.418. The number of hydrogen-bond donors (Lipinski definition) is 1. The number of anilines is 1. The number of halogens is 1. The van der Waals surface area contributed by atoms with Crippen LogP contribution in [0.25, 0.3) is 0 Å². The van der Waals surface area contributed by atoms with Gasteiger partial charge in [-0.15, -0.1) is 12.4 Å². The van der Waals surface area contributed by atoms with Crippen molar-refractivity contribution >= 4 is 24.2 Å². The molecule has 148 valence electrons. The Hall–Kier alpha value is -1.46. The highest BCUT2D eigenvalue weighted by molar-refractivity contribution is 5.86. The quantitative estimate of drug-likeness (QED) is 0.570. The summed E-state index contributed by atoms with van der Waals surface area (Å²) in [6, 6.07) is 7.51. The molecule has 1 saturated heterocycles. The van der Waals surface area contributed by atoms with Crippen molar-refractivity contribution in [2.45, 2.75) is 51.9 Å². The molecule has 26 heavy (non-hydrogen) atoms. The van der Waals surface area contributed by atoms with E-state index in [0.29, 0.717) is 24.7 Å². The Morgan fingerprint density at radius 3 is 2.62 bits per heavy atom. The summed E-state index contributed by atoms with van der Waals surface area (Å²) in [6.07, 6.45) is 8.03. The van der Waals surface area contributed by atoms with E-state index in [2.05, 4.69) is 17.1 Å².